The van der Waals surface area contributed by atoms with Gasteiger partial charge in [0.1, 0.15) is 0 Å². The summed E-state index contributed by atoms with van der Waals surface area (Å²) in [5, 5.41) is 4.23. The monoisotopic (exact) mass is 498 g/mol. The highest BCUT2D eigenvalue weighted by atomic mass is 35.5. The Kier molecular flexibility index (Phi) is 5.41. The fourth-order valence-electron chi connectivity index (χ4n) is 4.31. The number of hydrogen-bond donors (Lipinski definition) is 1. The first kappa shape index (κ1) is 22.5. The van der Waals surface area contributed by atoms with E-state index >= 15 is 0 Å². The quantitative estimate of drug-likeness (QED) is 0.455. The smallest absolute Gasteiger partial charge is 0.251 e. The van der Waals surface area contributed by atoms with Crippen molar-refractivity contribution in [1.29, 1.82) is 0 Å². The molecule has 0 aliphatic carbocycles. The second kappa shape index (κ2) is 8.18. The molecular weight excluding hydrogens is 479 g/mol. The highest BCUT2D eigenvalue weighted by molar-refractivity contribution is 7.91. The molecule has 0 radical (unpaired) electrons. The first-order chi connectivity index (χ1) is 16.1. The van der Waals surface area contributed by atoms with E-state index in [2.05, 4.69) is 15.3 Å². The maximum Gasteiger partial charge on any atom is 0.251 e. The van der Waals surface area contributed by atoms with Crippen molar-refractivity contribution < 1.29 is 17.6 Å². The van der Waals surface area contributed by atoms with E-state index in [0.29, 0.717) is 22.5 Å². The van der Waals surface area contributed by atoms with Gasteiger partial charge >= 0.3 is 0 Å². The van der Waals surface area contributed by atoms with Crippen molar-refractivity contribution in [3.05, 3.63) is 77.5 Å². The lowest BCUT2D eigenvalue weighted by atomic mass is 10.0. The van der Waals surface area contributed by atoms with Gasteiger partial charge in [-0.1, -0.05) is 35.9 Å². The average molecular weight is 499 g/mol. The molecule has 10 heteroatoms. The van der Waals surface area contributed by atoms with Crippen LogP contribution in [-0.2, 0) is 9.84 Å². The summed E-state index contributed by atoms with van der Waals surface area (Å²) < 4.78 is 39.0. The summed E-state index contributed by atoms with van der Waals surface area (Å²) >= 11 is 6.45. The number of halogens is 2. The molecule has 5 rings (SSSR count). The van der Waals surface area contributed by atoms with Gasteiger partial charge < -0.3 is 5.32 Å². The Labute approximate surface area is 200 Å². The van der Waals surface area contributed by atoms with Crippen molar-refractivity contribution in [1.82, 2.24) is 19.9 Å². The zero-order valence-corrected chi connectivity index (χ0v) is 19.7. The van der Waals surface area contributed by atoms with Gasteiger partial charge in [-0.2, -0.15) is 0 Å². The lowest BCUT2D eigenvalue weighted by Gasteiger charge is -2.24. The van der Waals surface area contributed by atoms with E-state index in [1.807, 2.05) is 18.2 Å². The molecule has 1 aliphatic rings. The van der Waals surface area contributed by atoms with Gasteiger partial charge in [0.2, 0.25) is 5.95 Å². The molecule has 3 heterocycles. The number of fused-ring (bicyclic) bond motifs is 1. The van der Waals surface area contributed by atoms with Crippen molar-refractivity contribution in [3.8, 4) is 17.1 Å². The molecule has 2 aromatic carbocycles. The molecular formula is C24H20ClFN4O3S. The van der Waals surface area contributed by atoms with E-state index < -0.39 is 21.2 Å². The van der Waals surface area contributed by atoms with Crippen molar-refractivity contribution >= 4 is 38.2 Å². The molecule has 1 atom stereocenters. The van der Waals surface area contributed by atoms with Crippen LogP contribution in [0.1, 0.15) is 23.7 Å². The van der Waals surface area contributed by atoms with Crippen LogP contribution in [0.4, 0.5) is 4.39 Å². The fourth-order valence-corrected chi connectivity index (χ4v) is 6.64. The third kappa shape index (κ3) is 4.17. The number of rotatable bonds is 4. The number of nitrogens with one attached hydrogen (secondary N) is 1. The van der Waals surface area contributed by atoms with Crippen LogP contribution in [0.15, 0.2) is 61.1 Å². The lowest BCUT2D eigenvalue weighted by Crippen LogP contribution is -2.46. The summed E-state index contributed by atoms with van der Waals surface area (Å²) in [4.78, 5) is 21.2. The summed E-state index contributed by atoms with van der Waals surface area (Å²) in [5.74, 6) is -0.754. The Morgan fingerprint density at radius 1 is 1.15 bits per heavy atom. The maximum absolute atomic E-state index is 13.4. The Balaban J connectivity index is 1.62. The largest absolute Gasteiger partial charge is 0.346 e. The van der Waals surface area contributed by atoms with E-state index in [1.54, 1.807) is 42.0 Å². The standard InChI is InChI=1S/C24H20ClFN4O3S/c1-24(8-9-34(32,33)14-24)29-22(31)15-6-7-18-19(17-4-2-3-5-20(17)25)13-30(21(18)10-15)23-27-11-16(26)12-28-23/h2-7,10-13H,8-9,14H2,1H3,(H,29,31)/t24-/m0/s1. The zero-order valence-electron chi connectivity index (χ0n) is 18.1. The van der Waals surface area contributed by atoms with Crippen LogP contribution in [0.25, 0.3) is 28.0 Å². The van der Waals surface area contributed by atoms with Crippen LogP contribution >= 0.6 is 11.6 Å². The van der Waals surface area contributed by atoms with E-state index in [4.69, 9.17) is 11.6 Å². The number of aromatic nitrogens is 3. The molecule has 1 aliphatic heterocycles. The van der Waals surface area contributed by atoms with E-state index in [0.717, 1.165) is 28.9 Å². The summed E-state index contributed by atoms with van der Waals surface area (Å²) in [6, 6.07) is 12.5. The summed E-state index contributed by atoms with van der Waals surface area (Å²) in [7, 11) is -3.17. The van der Waals surface area contributed by atoms with Gasteiger partial charge in [-0.25, -0.2) is 22.8 Å². The van der Waals surface area contributed by atoms with Crippen LogP contribution in [0.5, 0.6) is 0 Å². The van der Waals surface area contributed by atoms with Crippen LogP contribution in [-0.4, -0.2) is 45.9 Å². The third-order valence-corrected chi connectivity index (χ3v) is 8.21. The second-order valence-corrected chi connectivity index (χ2v) is 11.3. The summed E-state index contributed by atoms with van der Waals surface area (Å²) in [5.41, 5.74) is 1.74. The van der Waals surface area contributed by atoms with Crippen LogP contribution in [0, 0.1) is 5.82 Å². The predicted molar refractivity (Wildman–Crippen MR) is 128 cm³/mol. The van der Waals surface area contributed by atoms with E-state index in [9.17, 15) is 17.6 Å². The van der Waals surface area contributed by atoms with Crippen LogP contribution in [0.2, 0.25) is 5.02 Å². The molecule has 0 saturated carbocycles. The third-order valence-electron chi connectivity index (χ3n) is 5.97. The SMILES string of the molecule is C[C@]1(NC(=O)c2ccc3c(-c4ccccc4Cl)cn(-c4ncc(F)cn4)c3c2)CCS(=O)(=O)C1. The average Bonchev–Trinajstić information content (AvgIpc) is 3.30. The Hall–Kier alpha value is -3.30. The fraction of sp³-hybridized carbons (Fsp3) is 0.208. The lowest BCUT2D eigenvalue weighted by molar-refractivity contribution is 0.0915. The van der Waals surface area contributed by atoms with Crippen molar-refractivity contribution in [3.63, 3.8) is 0 Å². The highest BCUT2D eigenvalue weighted by Crippen LogP contribution is 2.36. The van der Waals surface area contributed by atoms with Gasteiger partial charge in [0.05, 0.1) is 35.0 Å². The summed E-state index contributed by atoms with van der Waals surface area (Å²) in [6.45, 7) is 1.73. The number of nitrogens with zero attached hydrogens (tertiary/aromatic N) is 3. The van der Waals surface area contributed by atoms with Gasteiger partial charge in [0.25, 0.3) is 5.91 Å². The minimum atomic E-state index is -3.17. The summed E-state index contributed by atoms with van der Waals surface area (Å²) in [6.07, 6.45) is 4.30. The molecule has 7 nitrogen and oxygen atoms in total. The normalized spacial score (nSPS) is 19.4. The topological polar surface area (TPSA) is 93.9 Å². The van der Waals surface area contributed by atoms with Gasteiger partial charge in [0, 0.05) is 33.3 Å². The van der Waals surface area contributed by atoms with E-state index in [1.165, 1.54) is 0 Å². The zero-order chi connectivity index (χ0) is 24.1. The van der Waals surface area contributed by atoms with Crippen LogP contribution < -0.4 is 5.32 Å². The first-order valence-electron chi connectivity index (χ1n) is 10.6. The van der Waals surface area contributed by atoms with Crippen molar-refractivity contribution in [2.45, 2.75) is 18.9 Å². The van der Waals surface area contributed by atoms with Crippen LogP contribution in [0.3, 0.4) is 0 Å². The molecule has 0 bridgehead atoms. The van der Waals surface area contributed by atoms with Gasteiger partial charge in [0.15, 0.2) is 15.7 Å². The predicted octanol–water partition coefficient (Wildman–Crippen LogP) is 4.19. The minimum absolute atomic E-state index is 0.0504. The number of hydrogen-bond acceptors (Lipinski definition) is 5. The number of amides is 1. The molecule has 2 aromatic heterocycles. The molecule has 1 amide bonds. The number of sulfone groups is 1. The number of carbonyl (C=O) groups excluding carboxylic acids is 1. The second-order valence-electron chi connectivity index (χ2n) is 8.68. The Morgan fingerprint density at radius 3 is 2.56 bits per heavy atom. The number of carbonyl (C=O) groups is 1. The molecule has 174 valence electrons. The van der Waals surface area contributed by atoms with Gasteiger partial charge in [-0.05, 0) is 31.5 Å². The highest BCUT2D eigenvalue weighted by Gasteiger charge is 2.39. The van der Waals surface area contributed by atoms with E-state index in [-0.39, 0.29) is 23.4 Å². The first-order valence-corrected chi connectivity index (χ1v) is 12.7. The van der Waals surface area contributed by atoms with Crippen molar-refractivity contribution in [2.75, 3.05) is 11.5 Å². The molecule has 0 spiro atoms. The minimum Gasteiger partial charge on any atom is -0.346 e. The molecule has 1 fully saturated rings. The van der Waals surface area contributed by atoms with Crippen molar-refractivity contribution in [2.24, 2.45) is 0 Å². The molecule has 0 unspecified atom stereocenters. The van der Waals surface area contributed by atoms with Gasteiger partial charge in [-0.15, -0.1) is 0 Å². The molecule has 1 N–H and O–H groups in total. The van der Waals surface area contributed by atoms with Gasteiger partial charge in [-0.3, -0.25) is 9.36 Å². The Morgan fingerprint density at radius 2 is 1.88 bits per heavy atom. The molecule has 34 heavy (non-hydrogen) atoms. The maximum atomic E-state index is 13.4. The Bertz CT molecular complexity index is 1540. The molecule has 1 saturated heterocycles. The molecule has 4 aromatic rings. The number of benzene rings is 2.